The minimum absolute atomic E-state index is 0.0280. The Balaban J connectivity index is 1.55. The van der Waals surface area contributed by atoms with Gasteiger partial charge in [-0.1, -0.05) is 0 Å². The number of piperidine rings is 1. The van der Waals surface area contributed by atoms with Gasteiger partial charge in [-0.2, -0.15) is 11.8 Å². The van der Waals surface area contributed by atoms with Crippen molar-refractivity contribution in [3.05, 3.63) is 0 Å². The monoisotopic (exact) mass is 384 g/mol. The molecule has 3 heterocycles. The van der Waals surface area contributed by atoms with Crippen LogP contribution in [0.15, 0.2) is 4.99 Å². The Bertz CT molecular complexity index is 497. The second kappa shape index (κ2) is 9.28. The van der Waals surface area contributed by atoms with Crippen molar-refractivity contribution >= 4 is 23.7 Å². The summed E-state index contributed by atoms with van der Waals surface area (Å²) >= 11 is 2.05. The SMILES string of the molecule is CN=C(NCC1(N2CCOCC2)CCSC1)N1CCC(C(=O)OC)CC1. The molecule has 7 nitrogen and oxygen atoms in total. The van der Waals surface area contributed by atoms with Gasteiger partial charge in [-0.25, -0.2) is 0 Å². The zero-order valence-corrected chi connectivity index (χ0v) is 16.9. The second-order valence-corrected chi connectivity index (χ2v) is 8.42. The van der Waals surface area contributed by atoms with Crippen molar-refractivity contribution in [3.63, 3.8) is 0 Å². The molecule has 1 N–H and O–H groups in total. The van der Waals surface area contributed by atoms with Crippen LogP contribution in [0.25, 0.3) is 0 Å². The average Bonchev–Trinajstić information content (AvgIpc) is 3.19. The van der Waals surface area contributed by atoms with E-state index >= 15 is 0 Å². The van der Waals surface area contributed by atoms with E-state index in [2.05, 4.69) is 20.1 Å². The predicted molar refractivity (Wildman–Crippen MR) is 105 cm³/mol. The van der Waals surface area contributed by atoms with E-state index in [9.17, 15) is 4.79 Å². The molecule has 1 unspecified atom stereocenters. The fourth-order valence-corrected chi connectivity index (χ4v) is 5.68. The topological polar surface area (TPSA) is 66.4 Å². The molecule has 3 saturated heterocycles. The van der Waals surface area contributed by atoms with Crippen LogP contribution in [0.1, 0.15) is 19.3 Å². The van der Waals surface area contributed by atoms with Crippen molar-refractivity contribution in [2.75, 3.05) is 71.6 Å². The summed E-state index contributed by atoms with van der Waals surface area (Å²) in [5, 5.41) is 3.64. The Labute approximate surface area is 160 Å². The molecule has 0 aliphatic carbocycles. The van der Waals surface area contributed by atoms with E-state index in [0.717, 1.165) is 64.7 Å². The molecule has 0 aromatic heterocycles. The lowest BCUT2D eigenvalue weighted by molar-refractivity contribution is -0.146. The summed E-state index contributed by atoms with van der Waals surface area (Å²) in [6.45, 7) is 6.32. The summed E-state index contributed by atoms with van der Waals surface area (Å²) in [6, 6.07) is 0. The van der Waals surface area contributed by atoms with Gasteiger partial charge < -0.3 is 19.7 Å². The lowest BCUT2D eigenvalue weighted by atomic mass is 9.95. The van der Waals surface area contributed by atoms with Gasteiger partial charge in [-0.3, -0.25) is 14.7 Å². The van der Waals surface area contributed by atoms with Crippen LogP contribution in [0, 0.1) is 5.92 Å². The Hall–Kier alpha value is -0.990. The number of carbonyl (C=O) groups excluding carboxylic acids is 1. The van der Waals surface area contributed by atoms with E-state index in [1.54, 1.807) is 0 Å². The van der Waals surface area contributed by atoms with Crippen molar-refractivity contribution in [2.45, 2.75) is 24.8 Å². The van der Waals surface area contributed by atoms with Crippen LogP contribution in [0.3, 0.4) is 0 Å². The number of hydrogen-bond acceptors (Lipinski definition) is 6. The lowest BCUT2D eigenvalue weighted by Crippen LogP contribution is -2.60. The highest BCUT2D eigenvalue weighted by molar-refractivity contribution is 7.99. The quantitative estimate of drug-likeness (QED) is 0.434. The van der Waals surface area contributed by atoms with Crippen molar-refractivity contribution in [1.82, 2.24) is 15.1 Å². The third-order valence-corrected chi connectivity index (χ3v) is 7.12. The van der Waals surface area contributed by atoms with Crippen LogP contribution in [0.2, 0.25) is 0 Å². The van der Waals surface area contributed by atoms with Crippen LogP contribution >= 0.6 is 11.8 Å². The van der Waals surface area contributed by atoms with Gasteiger partial charge >= 0.3 is 5.97 Å². The van der Waals surface area contributed by atoms with Gasteiger partial charge in [0.2, 0.25) is 0 Å². The molecule has 26 heavy (non-hydrogen) atoms. The first-order valence-electron chi connectivity index (χ1n) is 9.62. The van der Waals surface area contributed by atoms with Gasteiger partial charge in [0.15, 0.2) is 5.96 Å². The molecule has 0 radical (unpaired) electrons. The standard InChI is InChI=1S/C18H32N4O3S/c1-19-17(21-6-3-15(4-7-21)16(23)24-2)20-13-18(5-12-26-14-18)22-8-10-25-11-9-22/h15H,3-14H2,1-2H3,(H,19,20). The Morgan fingerprint density at radius 2 is 2.04 bits per heavy atom. The number of likely N-dealkylation sites (tertiary alicyclic amines) is 1. The highest BCUT2D eigenvalue weighted by Crippen LogP contribution is 2.33. The fraction of sp³-hybridized carbons (Fsp3) is 0.889. The molecular formula is C18H32N4O3S. The molecule has 0 amide bonds. The van der Waals surface area contributed by atoms with E-state index in [1.807, 2.05) is 18.8 Å². The summed E-state index contributed by atoms with van der Waals surface area (Å²) < 4.78 is 10.4. The summed E-state index contributed by atoms with van der Waals surface area (Å²) in [5.41, 5.74) is 0.203. The van der Waals surface area contributed by atoms with Crippen LogP contribution in [0.5, 0.6) is 0 Å². The minimum Gasteiger partial charge on any atom is -0.469 e. The van der Waals surface area contributed by atoms with Crippen molar-refractivity contribution < 1.29 is 14.3 Å². The number of hydrogen-bond donors (Lipinski definition) is 1. The molecule has 3 aliphatic heterocycles. The number of esters is 1. The van der Waals surface area contributed by atoms with Gasteiger partial charge in [0.25, 0.3) is 0 Å². The third-order valence-electron chi connectivity index (χ3n) is 5.88. The Kier molecular flexibility index (Phi) is 7.05. The van der Waals surface area contributed by atoms with E-state index in [4.69, 9.17) is 9.47 Å². The molecule has 3 rings (SSSR count). The van der Waals surface area contributed by atoms with E-state index in [1.165, 1.54) is 25.0 Å². The molecule has 148 valence electrons. The first kappa shape index (κ1) is 19.8. The number of aliphatic imine (C=N–C) groups is 1. The van der Waals surface area contributed by atoms with Gasteiger partial charge in [-0.05, 0) is 25.0 Å². The number of guanidine groups is 1. The van der Waals surface area contributed by atoms with Crippen molar-refractivity contribution in [2.24, 2.45) is 10.9 Å². The number of methoxy groups -OCH3 is 1. The molecule has 3 fully saturated rings. The highest BCUT2D eigenvalue weighted by Gasteiger charge is 2.41. The first-order chi connectivity index (χ1) is 12.7. The van der Waals surface area contributed by atoms with Gasteiger partial charge in [0.1, 0.15) is 0 Å². The van der Waals surface area contributed by atoms with E-state index < -0.39 is 0 Å². The molecule has 3 aliphatic rings. The smallest absolute Gasteiger partial charge is 0.308 e. The number of morpholine rings is 1. The van der Waals surface area contributed by atoms with Crippen molar-refractivity contribution in [1.29, 1.82) is 0 Å². The summed E-state index contributed by atoms with van der Waals surface area (Å²) in [7, 11) is 3.32. The molecular weight excluding hydrogens is 352 g/mol. The maximum Gasteiger partial charge on any atom is 0.308 e. The number of ether oxygens (including phenoxy) is 2. The first-order valence-corrected chi connectivity index (χ1v) is 10.8. The Morgan fingerprint density at radius 1 is 1.31 bits per heavy atom. The Morgan fingerprint density at radius 3 is 2.62 bits per heavy atom. The predicted octanol–water partition coefficient (Wildman–Crippen LogP) is 0.655. The zero-order valence-electron chi connectivity index (χ0n) is 16.0. The van der Waals surface area contributed by atoms with Crippen LogP contribution in [0.4, 0.5) is 0 Å². The summed E-state index contributed by atoms with van der Waals surface area (Å²) in [6.07, 6.45) is 2.88. The van der Waals surface area contributed by atoms with Crippen molar-refractivity contribution in [3.8, 4) is 0 Å². The third kappa shape index (κ3) is 4.46. The maximum atomic E-state index is 11.7. The van der Waals surface area contributed by atoms with E-state index in [-0.39, 0.29) is 17.4 Å². The molecule has 0 bridgehead atoms. The largest absolute Gasteiger partial charge is 0.469 e. The number of nitrogens with zero attached hydrogens (tertiary/aromatic N) is 3. The molecule has 1 atom stereocenters. The van der Waals surface area contributed by atoms with Crippen LogP contribution in [-0.4, -0.2) is 98.9 Å². The highest BCUT2D eigenvalue weighted by atomic mass is 32.2. The number of thioether (sulfide) groups is 1. The molecule has 0 saturated carbocycles. The summed E-state index contributed by atoms with van der Waals surface area (Å²) in [4.78, 5) is 21.1. The molecule has 0 aromatic carbocycles. The second-order valence-electron chi connectivity index (χ2n) is 7.31. The lowest BCUT2D eigenvalue weighted by Gasteiger charge is -2.44. The fourth-order valence-electron chi connectivity index (χ4n) is 4.20. The van der Waals surface area contributed by atoms with Gasteiger partial charge in [0.05, 0.1) is 26.2 Å². The summed E-state index contributed by atoms with van der Waals surface area (Å²) in [5.74, 6) is 3.30. The zero-order chi connectivity index (χ0) is 18.4. The number of rotatable bonds is 4. The van der Waals surface area contributed by atoms with Gasteiger partial charge in [-0.15, -0.1) is 0 Å². The van der Waals surface area contributed by atoms with Crippen LogP contribution in [-0.2, 0) is 14.3 Å². The normalized spacial score (nSPS) is 29.0. The molecule has 8 heteroatoms. The van der Waals surface area contributed by atoms with Crippen LogP contribution < -0.4 is 5.32 Å². The van der Waals surface area contributed by atoms with Gasteiger partial charge in [0, 0.05) is 51.1 Å². The molecule has 0 spiro atoms. The maximum absolute atomic E-state index is 11.7. The minimum atomic E-state index is -0.0816. The number of carbonyl (C=O) groups is 1. The number of nitrogens with one attached hydrogen (secondary N) is 1. The average molecular weight is 385 g/mol. The van der Waals surface area contributed by atoms with E-state index in [0.29, 0.717) is 0 Å². The molecule has 0 aromatic rings.